The molecule has 0 saturated carbocycles. The Labute approximate surface area is 78.6 Å². The predicted molar refractivity (Wildman–Crippen MR) is 49.2 cm³/mol. The largest absolute Gasteiger partial charge is 0.480 e. The van der Waals surface area contributed by atoms with E-state index in [0.717, 1.165) is 6.42 Å². The molecule has 0 amide bonds. The molecule has 0 aromatic carbocycles. The van der Waals surface area contributed by atoms with Gasteiger partial charge < -0.3 is 10.4 Å². The number of nitrogens with zero attached hydrogens (tertiary/aromatic N) is 1. The summed E-state index contributed by atoms with van der Waals surface area (Å²) < 4.78 is 0. The second kappa shape index (κ2) is 7.56. The van der Waals surface area contributed by atoms with E-state index in [1.807, 2.05) is 13.0 Å². The van der Waals surface area contributed by atoms with Gasteiger partial charge in [0.25, 0.3) is 0 Å². The first-order valence-electron chi connectivity index (χ1n) is 4.55. The van der Waals surface area contributed by atoms with Gasteiger partial charge in [-0.2, -0.15) is 5.26 Å². The highest BCUT2D eigenvalue weighted by atomic mass is 16.4. The smallest absolute Gasteiger partial charge is 0.320 e. The first kappa shape index (κ1) is 11.9. The van der Waals surface area contributed by atoms with Gasteiger partial charge in [0.1, 0.15) is 6.04 Å². The molecule has 0 fully saturated rings. The number of nitriles is 1. The second-order valence-electron chi connectivity index (χ2n) is 2.90. The van der Waals surface area contributed by atoms with Crippen LogP contribution in [0.4, 0.5) is 0 Å². The molecule has 0 aliphatic carbocycles. The van der Waals surface area contributed by atoms with E-state index in [-0.39, 0.29) is 0 Å². The highest BCUT2D eigenvalue weighted by molar-refractivity contribution is 5.73. The Morgan fingerprint density at radius 1 is 1.69 bits per heavy atom. The average Bonchev–Trinajstić information content (AvgIpc) is 2.10. The maximum Gasteiger partial charge on any atom is 0.320 e. The second-order valence-corrected chi connectivity index (χ2v) is 2.90. The van der Waals surface area contributed by atoms with E-state index in [0.29, 0.717) is 25.8 Å². The van der Waals surface area contributed by atoms with Crippen molar-refractivity contribution in [1.29, 1.82) is 5.26 Å². The van der Waals surface area contributed by atoms with Crippen LogP contribution >= 0.6 is 0 Å². The molecule has 0 radical (unpaired) electrons. The van der Waals surface area contributed by atoms with E-state index in [4.69, 9.17) is 10.4 Å². The van der Waals surface area contributed by atoms with Crippen LogP contribution in [0, 0.1) is 11.3 Å². The van der Waals surface area contributed by atoms with Crippen molar-refractivity contribution in [3.63, 3.8) is 0 Å². The van der Waals surface area contributed by atoms with E-state index in [2.05, 4.69) is 5.32 Å². The van der Waals surface area contributed by atoms with E-state index in [1.165, 1.54) is 0 Å². The number of hydrogen-bond donors (Lipinski definition) is 2. The molecule has 74 valence electrons. The molecule has 0 aliphatic heterocycles. The zero-order chi connectivity index (χ0) is 10.1. The van der Waals surface area contributed by atoms with Gasteiger partial charge in [-0.25, -0.2) is 0 Å². The van der Waals surface area contributed by atoms with Crippen LogP contribution in [0.5, 0.6) is 0 Å². The molecule has 0 aromatic heterocycles. The Hall–Kier alpha value is -1.08. The summed E-state index contributed by atoms with van der Waals surface area (Å²) in [6, 6.07) is 1.56. The molecular weight excluding hydrogens is 168 g/mol. The third-order valence-electron chi connectivity index (χ3n) is 1.73. The van der Waals surface area contributed by atoms with Gasteiger partial charge in [0.05, 0.1) is 6.07 Å². The van der Waals surface area contributed by atoms with E-state index >= 15 is 0 Å². The highest BCUT2D eigenvalue weighted by Crippen LogP contribution is 1.97. The maximum atomic E-state index is 10.6. The summed E-state index contributed by atoms with van der Waals surface area (Å²) in [6.45, 7) is 2.55. The number of hydrogen-bond acceptors (Lipinski definition) is 3. The first-order valence-corrected chi connectivity index (χ1v) is 4.55. The maximum absolute atomic E-state index is 10.6. The molecule has 4 heteroatoms. The van der Waals surface area contributed by atoms with Crippen LogP contribution in [0.1, 0.15) is 32.6 Å². The summed E-state index contributed by atoms with van der Waals surface area (Å²) in [5.74, 6) is -0.807. The minimum atomic E-state index is -0.807. The van der Waals surface area contributed by atoms with Gasteiger partial charge >= 0.3 is 5.97 Å². The molecule has 1 atom stereocenters. The molecule has 0 saturated heterocycles. The molecule has 0 bridgehead atoms. The van der Waals surface area contributed by atoms with Gasteiger partial charge in [-0.15, -0.1) is 0 Å². The lowest BCUT2D eigenvalue weighted by Crippen LogP contribution is -2.37. The molecule has 0 spiro atoms. The number of rotatable bonds is 7. The SMILES string of the molecule is CCCC(NCCCC#N)C(=O)O. The Morgan fingerprint density at radius 3 is 2.85 bits per heavy atom. The standard InChI is InChI=1S/C9H16N2O2/c1-2-5-8(9(12)13)11-7-4-3-6-10/h8,11H,2-5,7H2,1H3,(H,12,13). The number of carbonyl (C=O) groups is 1. The summed E-state index contributed by atoms with van der Waals surface area (Å²) >= 11 is 0. The van der Waals surface area contributed by atoms with Crippen molar-refractivity contribution in [3.05, 3.63) is 0 Å². The van der Waals surface area contributed by atoms with Gasteiger partial charge in [-0.1, -0.05) is 13.3 Å². The van der Waals surface area contributed by atoms with Crippen LogP contribution in [0.15, 0.2) is 0 Å². The molecular formula is C9H16N2O2. The third-order valence-corrected chi connectivity index (χ3v) is 1.73. The van der Waals surface area contributed by atoms with E-state index in [9.17, 15) is 4.79 Å². The molecule has 13 heavy (non-hydrogen) atoms. The van der Waals surface area contributed by atoms with Crippen molar-refractivity contribution < 1.29 is 9.90 Å². The molecule has 0 rings (SSSR count). The van der Waals surface area contributed by atoms with Crippen LogP contribution < -0.4 is 5.32 Å². The zero-order valence-electron chi connectivity index (χ0n) is 7.92. The molecule has 0 aromatic rings. The molecule has 1 unspecified atom stereocenters. The molecule has 2 N–H and O–H groups in total. The van der Waals surface area contributed by atoms with Crippen molar-refractivity contribution in [3.8, 4) is 6.07 Å². The number of carboxylic acid groups (broad SMARTS) is 1. The fourth-order valence-corrected chi connectivity index (χ4v) is 1.05. The summed E-state index contributed by atoms with van der Waals surface area (Å²) in [7, 11) is 0. The van der Waals surface area contributed by atoms with Crippen LogP contribution in [0.25, 0.3) is 0 Å². The van der Waals surface area contributed by atoms with E-state index < -0.39 is 12.0 Å². The Morgan fingerprint density at radius 2 is 2.38 bits per heavy atom. The van der Waals surface area contributed by atoms with Gasteiger partial charge in [-0.05, 0) is 19.4 Å². The van der Waals surface area contributed by atoms with Gasteiger partial charge in [0.15, 0.2) is 0 Å². The highest BCUT2D eigenvalue weighted by Gasteiger charge is 2.14. The summed E-state index contributed by atoms with van der Waals surface area (Å²) in [5, 5.41) is 19.9. The van der Waals surface area contributed by atoms with Crippen molar-refractivity contribution in [1.82, 2.24) is 5.32 Å². The monoisotopic (exact) mass is 184 g/mol. The topological polar surface area (TPSA) is 73.1 Å². The third kappa shape index (κ3) is 6.12. The van der Waals surface area contributed by atoms with Crippen LogP contribution in [0.2, 0.25) is 0 Å². The Kier molecular flexibility index (Phi) is 6.93. The number of carboxylic acids is 1. The first-order chi connectivity index (χ1) is 6.22. The van der Waals surface area contributed by atoms with Crippen LogP contribution in [-0.4, -0.2) is 23.7 Å². The van der Waals surface area contributed by atoms with Crippen molar-refractivity contribution >= 4 is 5.97 Å². The summed E-state index contributed by atoms with van der Waals surface area (Å²) in [6.07, 6.45) is 2.68. The minimum absolute atomic E-state index is 0.455. The lowest BCUT2D eigenvalue weighted by Gasteiger charge is -2.12. The van der Waals surface area contributed by atoms with Crippen molar-refractivity contribution in [2.45, 2.75) is 38.6 Å². The van der Waals surface area contributed by atoms with Crippen molar-refractivity contribution in [2.75, 3.05) is 6.54 Å². The summed E-state index contributed by atoms with van der Waals surface area (Å²) in [5.41, 5.74) is 0. The normalized spacial score (nSPS) is 12.0. The zero-order valence-corrected chi connectivity index (χ0v) is 7.92. The Balaban J connectivity index is 3.58. The number of nitrogens with one attached hydrogen (secondary N) is 1. The van der Waals surface area contributed by atoms with Crippen LogP contribution in [0.3, 0.4) is 0 Å². The lowest BCUT2D eigenvalue weighted by atomic mass is 10.1. The van der Waals surface area contributed by atoms with Crippen LogP contribution in [-0.2, 0) is 4.79 Å². The quantitative estimate of drug-likeness (QED) is 0.582. The van der Waals surface area contributed by atoms with Crippen molar-refractivity contribution in [2.24, 2.45) is 0 Å². The minimum Gasteiger partial charge on any atom is -0.480 e. The predicted octanol–water partition coefficient (Wildman–Crippen LogP) is 1.13. The fourth-order valence-electron chi connectivity index (χ4n) is 1.05. The van der Waals surface area contributed by atoms with Gasteiger partial charge in [0.2, 0.25) is 0 Å². The van der Waals surface area contributed by atoms with Gasteiger partial charge in [0, 0.05) is 6.42 Å². The molecule has 0 heterocycles. The number of aliphatic carboxylic acids is 1. The van der Waals surface area contributed by atoms with Gasteiger partial charge in [-0.3, -0.25) is 4.79 Å². The molecule has 4 nitrogen and oxygen atoms in total. The summed E-state index contributed by atoms with van der Waals surface area (Å²) in [4.78, 5) is 10.6. The van der Waals surface area contributed by atoms with E-state index in [1.54, 1.807) is 0 Å². The lowest BCUT2D eigenvalue weighted by molar-refractivity contribution is -0.139. The average molecular weight is 184 g/mol. The Bertz CT molecular complexity index is 187. The fraction of sp³-hybridized carbons (Fsp3) is 0.778. The number of unbranched alkanes of at least 4 members (excludes halogenated alkanes) is 1. The molecule has 0 aliphatic rings.